The zero-order valence-electron chi connectivity index (χ0n) is 19.0. The molecule has 1 aliphatic carbocycles. The number of hydrazine groups is 1. The van der Waals surface area contributed by atoms with Gasteiger partial charge in [0.05, 0.1) is 12.1 Å². The van der Waals surface area contributed by atoms with E-state index in [4.69, 9.17) is 9.47 Å². The minimum Gasteiger partial charge on any atom is -0.454 e. The van der Waals surface area contributed by atoms with Crippen LogP contribution in [0.5, 0.6) is 11.5 Å². The highest BCUT2D eigenvalue weighted by atomic mass is 16.7. The topological polar surface area (TPSA) is 86.4 Å². The number of fused-ring (bicyclic) bond motifs is 2. The van der Waals surface area contributed by atoms with E-state index >= 15 is 0 Å². The number of piperazine rings is 1. The van der Waals surface area contributed by atoms with Gasteiger partial charge in [-0.25, -0.2) is 5.43 Å². The number of ether oxygens (including phenoxy) is 2. The molecule has 2 amide bonds. The number of nitrogens with one attached hydrogen (secondary N) is 2. The highest BCUT2D eigenvalue weighted by Gasteiger charge is 2.46. The van der Waals surface area contributed by atoms with E-state index in [9.17, 15) is 9.59 Å². The lowest BCUT2D eigenvalue weighted by Crippen LogP contribution is -2.51. The van der Waals surface area contributed by atoms with Gasteiger partial charge < -0.3 is 19.3 Å². The number of benzene rings is 1. The number of carbonyl (C=O) groups excluding carboxylic acids is 2. The fraction of sp³-hybridized carbons (Fsp3) is 0.667. The quantitative estimate of drug-likeness (QED) is 0.698. The average molecular weight is 456 g/mol. The molecule has 0 bridgehead atoms. The summed E-state index contributed by atoms with van der Waals surface area (Å²) in [5, 5.41) is 0. The Labute approximate surface area is 194 Å². The summed E-state index contributed by atoms with van der Waals surface area (Å²) in [6.07, 6.45) is 5.14. The Morgan fingerprint density at radius 2 is 1.85 bits per heavy atom. The number of carbonyl (C=O) groups is 2. The maximum Gasteiger partial charge on any atom is 0.231 e. The smallest absolute Gasteiger partial charge is 0.231 e. The first-order valence-corrected chi connectivity index (χ1v) is 12.4. The van der Waals surface area contributed by atoms with Crippen LogP contribution in [-0.4, -0.2) is 78.2 Å². The summed E-state index contributed by atoms with van der Waals surface area (Å²) in [5.41, 5.74) is 7.94. The number of nitrogens with zero attached hydrogens (tertiary/aromatic N) is 3. The van der Waals surface area contributed by atoms with Crippen molar-refractivity contribution in [2.75, 3.05) is 39.5 Å². The maximum absolute atomic E-state index is 13.2. The van der Waals surface area contributed by atoms with Crippen molar-refractivity contribution in [3.63, 3.8) is 0 Å². The average Bonchev–Trinajstić information content (AvgIpc) is 3.57. The molecule has 5 aliphatic rings. The molecule has 2 N–H and O–H groups in total. The van der Waals surface area contributed by atoms with Crippen LogP contribution in [0.3, 0.4) is 0 Å². The number of hydrogen-bond acceptors (Lipinski definition) is 7. The summed E-state index contributed by atoms with van der Waals surface area (Å²) >= 11 is 0. The SMILES string of the molecule is O=C(C1CC(=O)N(C2NNC3CCCCC32)C1)N1CCN(Cc2ccc3c(c2)OCO3)CC1. The Morgan fingerprint density at radius 1 is 1.03 bits per heavy atom. The molecule has 0 spiro atoms. The van der Waals surface area contributed by atoms with Gasteiger partial charge in [-0.05, 0) is 30.5 Å². The van der Waals surface area contributed by atoms with Gasteiger partial charge >= 0.3 is 0 Å². The third-order valence-corrected chi connectivity index (χ3v) is 8.01. The molecule has 1 aromatic carbocycles. The van der Waals surface area contributed by atoms with Crippen LogP contribution in [0, 0.1) is 11.8 Å². The second-order valence-electron chi connectivity index (χ2n) is 10.0. The van der Waals surface area contributed by atoms with Crippen molar-refractivity contribution >= 4 is 11.8 Å². The molecular weight excluding hydrogens is 422 g/mol. The highest BCUT2D eigenvalue weighted by Crippen LogP contribution is 2.35. The van der Waals surface area contributed by atoms with Gasteiger partial charge in [0.1, 0.15) is 0 Å². The Balaban J connectivity index is 1.02. The van der Waals surface area contributed by atoms with Gasteiger partial charge in [0, 0.05) is 57.6 Å². The van der Waals surface area contributed by atoms with Crippen LogP contribution in [0.4, 0.5) is 0 Å². The third-order valence-electron chi connectivity index (χ3n) is 8.01. The first kappa shape index (κ1) is 21.2. The van der Waals surface area contributed by atoms with E-state index in [1.165, 1.54) is 18.4 Å². The van der Waals surface area contributed by atoms with Gasteiger partial charge in [0.25, 0.3) is 0 Å². The van der Waals surface area contributed by atoms with Crippen LogP contribution in [0.25, 0.3) is 0 Å². The summed E-state index contributed by atoms with van der Waals surface area (Å²) < 4.78 is 10.9. The lowest BCUT2D eigenvalue weighted by Gasteiger charge is -2.36. The molecule has 178 valence electrons. The van der Waals surface area contributed by atoms with E-state index in [1.54, 1.807) is 0 Å². The molecular formula is C24H33N5O4. The predicted octanol–water partition coefficient (Wildman–Crippen LogP) is 0.901. The molecule has 4 atom stereocenters. The van der Waals surface area contributed by atoms with Crippen molar-refractivity contribution in [1.82, 2.24) is 25.6 Å². The second-order valence-corrected chi connectivity index (χ2v) is 10.0. The summed E-state index contributed by atoms with van der Waals surface area (Å²) in [6, 6.07) is 6.53. The normalized spacial score (nSPS) is 31.8. The van der Waals surface area contributed by atoms with Crippen molar-refractivity contribution in [2.45, 2.75) is 50.9 Å². The zero-order valence-corrected chi connectivity index (χ0v) is 19.0. The molecule has 3 saturated heterocycles. The van der Waals surface area contributed by atoms with E-state index in [0.29, 0.717) is 38.0 Å². The fourth-order valence-electron chi connectivity index (χ4n) is 6.17. The second kappa shape index (κ2) is 8.77. The van der Waals surface area contributed by atoms with E-state index in [-0.39, 0.29) is 30.7 Å². The van der Waals surface area contributed by atoms with Crippen molar-refractivity contribution in [1.29, 1.82) is 0 Å². The van der Waals surface area contributed by atoms with E-state index < -0.39 is 0 Å². The maximum atomic E-state index is 13.2. The van der Waals surface area contributed by atoms with Crippen LogP contribution < -0.4 is 20.3 Å². The monoisotopic (exact) mass is 455 g/mol. The van der Waals surface area contributed by atoms with Gasteiger partial charge in [0.15, 0.2) is 11.5 Å². The Hall–Kier alpha value is -2.36. The summed E-state index contributed by atoms with van der Waals surface area (Å²) in [6.45, 7) is 4.75. The van der Waals surface area contributed by atoms with Crippen molar-refractivity contribution in [2.24, 2.45) is 11.8 Å². The van der Waals surface area contributed by atoms with Gasteiger partial charge in [-0.1, -0.05) is 18.9 Å². The summed E-state index contributed by atoms with van der Waals surface area (Å²) in [5.74, 6) is 2.10. The number of likely N-dealkylation sites (tertiary alicyclic amines) is 1. The van der Waals surface area contributed by atoms with Crippen molar-refractivity contribution < 1.29 is 19.1 Å². The minimum absolute atomic E-state index is 0.0270. The molecule has 4 heterocycles. The molecule has 1 saturated carbocycles. The number of rotatable bonds is 4. The Bertz CT molecular complexity index is 918. The van der Waals surface area contributed by atoms with Crippen LogP contribution in [0.2, 0.25) is 0 Å². The lowest BCUT2D eigenvalue weighted by molar-refractivity contribution is -0.137. The van der Waals surface area contributed by atoms with Gasteiger partial charge in [-0.15, -0.1) is 0 Å². The predicted molar refractivity (Wildman–Crippen MR) is 120 cm³/mol. The van der Waals surface area contributed by atoms with Crippen molar-refractivity contribution in [3.8, 4) is 11.5 Å². The van der Waals surface area contributed by atoms with Crippen LogP contribution in [0.15, 0.2) is 18.2 Å². The van der Waals surface area contributed by atoms with Crippen LogP contribution in [-0.2, 0) is 16.1 Å². The molecule has 4 unspecified atom stereocenters. The Kier molecular flexibility index (Phi) is 5.63. The van der Waals surface area contributed by atoms with Crippen LogP contribution in [0.1, 0.15) is 37.7 Å². The fourth-order valence-corrected chi connectivity index (χ4v) is 6.17. The minimum atomic E-state index is -0.220. The van der Waals surface area contributed by atoms with Gasteiger partial charge in [0.2, 0.25) is 18.6 Å². The van der Waals surface area contributed by atoms with Crippen molar-refractivity contribution in [3.05, 3.63) is 23.8 Å². The molecule has 4 aliphatic heterocycles. The Morgan fingerprint density at radius 3 is 2.73 bits per heavy atom. The van der Waals surface area contributed by atoms with Gasteiger partial charge in [-0.3, -0.25) is 19.9 Å². The third kappa shape index (κ3) is 4.06. The standard InChI is InChI=1S/C24H33N5O4/c30-22-12-17(14-29(22)23-18-3-1-2-4-19(18)25-26-23)24(31)28-9-7-27(8-10-28)13-16-5-6-20-21(11-16)33-15-32-20/h5-6,11,17-19,23,25-26H,1-4,7-10,12-15H2. The van der Waals surface area contributed by atoms with Crippen LogP contribution >= 0.6 is 0 Å². The van der Waals surface area contributed by atoms with E-state index in [0.717, 1.165) is 44.0 Å². The first-order valence-electron chi connectivity index (χ1n) is 12.4. The van der Waals surface area contributed by atoms with E-state index in [2.05, 4.69) is 21.8 Å². The molecule has 1 aromatic rings. The zero-order chi connectivity index (χ0) is 22.4. The molecule has 0 radical (unpaired) electrons. The van der Waals surface area contributed by atoms with Gasteiger partial charge in [-0.2, -0.15) is 0 Å². The molecule has 0 aromatic heterocycles. The first-order chi connectivity index (χ1) is 16.2. The largest absolute Gasteiger partial charge is 0.454 e. The summed E-state index contributed by atoms with van der Waals surface area (Å²) in [7, 11) is 0. The molecule has 4 fully saturated rings. The summed E-state index contributed by atoms with van der Waals surface area (Å²) in [4.78, 5) is 32.3. The molecule has 6 rings (SSSR count). The molecule has 9 heteroatoms. The molecule has 9 nitrogen and oxygen atoms in total. The van der Waals surface area contributed by atoms with E-state index in [1.807, 2.05) is 21.9 Å². The number of amides is 2. The highest BCUT2D eigenvalue weighted by molar-refractivity contribution is 5.89. The lowest BCUT2D eigenvalue weighted by atomic mass is 9.84. The molecule has 33 heavy (non-hydrogen) atoms. The number of hydrogen-bond donors (Lipinski definition) is 2.